The van der Waals surface area contributed by atoms with Crippen molar-refractivity contribution < 1.29 is 14.3 Å². The van der Waals surface area contributed by atoms with Gasteiger partial charge in [0.1, 0.15) is 5.75 Å². The molecule has 0 heterocycles. The Morgan fingerprint density at radius 1 is 0.931 bits per heavy atom. The summed E-state index contributed by atoms with van der Waals surface area (Å²) in [5.74, 6) is 0.242. The van der Waals surface area contributed by atoms with Gasteiger partial charge >= 0.3 is 0 Å². The van der Waals surface area contributed by atoms with E-state index in [-0.39, 0.29) is 18.4 Å². The average Bonchev–Trinajstić information content (AvgIpc) is 2.73. The molecule has 0 bridgehead atoms. The second kappa shape index (κ2) is 9.55. The lowest BCUT2D eigenvalue weighted by Gasteiger charge is -2.18. The van der Waals surface area contributed by atoms with Crippen LogP contribution in [0.3, 0.4) is 0 Å². The molecule has 0 fully saturated rings. The number of rotatable bonds is 7. The second-order valence-corrected chi connectivity index (χ2v) is 6.88. The molecule has 0 saturated heterocycles. The fourth-order valence-corrected chi connectivity index (χ4v) is 2.86. The van der Waals surface area contributed by atoms with Gasteiger partial charge in [-0.15, -0.1) is 0 Å². The number of hydrogen-bond donors (Lipinski definition) is 1. The van der Waals surface area contributed by atoms with Gasteiger partial charge in [-0.1, -0.05) is 54.1 Å². The zero-order valence-electron chi connectivity index (χ0n) is 16.6. The molecule has 0 aromatic heterocycles. The fraction of sp³-hybridized carbons (Fsp3) is 0.167. The summed E-state index contributed by atoms with van der Waals surface area (Å²) in [4.78, 5) is 26.5. The van der Waals surface area contributed by atoms with Gasteiger partial charge in [-0.05, 0) is 42.8 Å². The van der Waals surface area contributed by atoms with Gasteiger partial charge in [0.05, 0.1) is 0 Å². The maximum atomic E-state index is 12.7. The minimum atomic E-state index is -0.284. The molecule has 5 heteroatoms. The number of nitrogens with one attached hydrogen (secondary N) is 1. The molecule has 0 aliphatic rings. The first-order valence-electron chi connectivity index (χ1n) is 9.40. The highest BCUT2D eigenvalue weighted by atomic mass is 16.5. The number of hydrogen-bond acceptors (Lipinski definition) is 3. The molecule has 2 amide bonds. The van der Waals surface area contributed by atoms with Gasteiger partial charge in [-0.3, -0.25) is 9.59 Å². The van der Waals surface area contributed by atoms with Gasteiger partial charge in [-0.2, -0.15) is 0 Å². The molecule has 0 aliphatic heterocycles. The van der Waals surface area contributed by atoms with Crippen molar-refractivity contribution in [3.05, 3.63) is 95.6 Å². The first-order valence-corrected chi connectivity index (χ1v) is 9.40. The van der Waals surface area contributed by atoms with Crippen molar-refractivity contribution in [1.82, 2.24) is 4.90 Å². The number of amides is 2. The van der Waals surface area contributed by atoms with Crippen LogP contribution >= 0.6 is 0 Å². The van der Waals surface area contributed by atoms with E-state index < -0.39 is 0 Å². The van der Waals surface area contributed by atoms with Crippen LogP contribution in [0.2, 0.25) is 0 Å². The van der Waals surface area contributed by atoms with Crippen LogP contribution in [-0.4, -0.2) is 30.4 Å². The van der Waals surface area contributed by atoms with Gasteiger partial charge in [0.2, 0.25) is 0 Å². The van der Waals surface area contributed by atoms with Crippen molar-refractivity contribution in [3.8, 4) is 5.75 Å². The topological polar surface area (TPSA) is 58.6 Å². The molecule has 0 unspecified atom stereocenters. The number of carbonyl (C=O) groups is 2. The minimum absolute atomic E-state index is 0.102. The van der Waals surface area contributed by atoms with E-state index >= 15 is 0 Å². The lowest BCUT2D eigenvalue weighted by molar-refractivity contribution is -0.118. The van der Waals surface area contributed by atoms with E-state index in [0.29, 0.717) is 23.5 Å². The lowest BCUT2D eigenvalue weighted by atomic mass is 10.1. The largest absolute Gasteiger partial charge is 0.484 e. The number of anilines is 1. The number of carbonyl (C=O) groups excluding carboxylic acids is 2. The molecule has 0 atom stereocenters. The molecular formula is C24H24N2O3. The molecule has 0 radical (unpaired) electrons. The lowest BCUT2D eigenvalue weighted by Crippen LogP contribution is -2.26. The van der Waals surface area contributed by atoms with Gasteiger partial charge in [0, 0.05) is 24.8 Å². The molecular weight excluding hydrogens is 364 g/mol. The van der Waals surface area contributed by atoms with Crippen LogP contribution in [0.1, 0.15) is 21.5 Å². The molecule has 5 nitrogen and oxygen atoms in total. The Labute approximate surface area is 170 Å². The first kappa shape index (κ1) is 20.1. The summed E-state index contributed by atoms with van der Waals surface area (Å²) in [6.45, 7) is 2.40. The smallest absolute Gasteiger partial charge is 0.262 e. The number of ether oxygens (including phenoxy) is 1. The quantitative estimate of drug-likeness (QED) is 0.657. The van der Waals surface area contributed by atoms with Crippen LogP contribution in [0.25, 0.3) is 0 Å². The Hall–Kier alpha value is -3.60. The molecule has 3 aromatic carbocycles. The predicted molar refractivity (Wildman–Crippen MR) is 114 cm³/mol. The Morgan fingerprint density at radius 3 is 2.38 bits per heavy atom. The van der Waals surface area contributed by atoms with E-state index in [1.807, 2.05) is 61.5 Å². The summed E-state index contributed by atoms with van der Waals surface area (Å²) >= 11 is 0. The number of benzene rings is 3. The highest BCUT2D eigenvalue weighted by molar-refractivity contribution is 5.97. The van der Waals surface area contributed by atoms with Crippen molar-refractivity contribution >= 4 is 17.5 Å². The summed E-state index contributed by atoms with van der Waals surface area (Å²) in [7, 11) is 1.76. The summed E-state index contributed by atoms with van der Waals surface area (Å²) in [5, 5.41) is 2.77. The van der Waals surface area contributed by atoms with E-state index in [0.717, 1.165) is 11.1 Å². The molecule has 29 heavy (non-hydrogen) atoms. The van der Waals surface area contributed by atoms with Gasteiger partial charge < -0.3 is 15.0 Å². The zero-order chi connectivity index (χ0) is 20.6. The minimum Gasteiger partial charge on any atom is -0.484 e. The van der Waals surface area contributed by atoms with E-state index in [1.165, 1.54) is 0 Å². The number of nitrogens with zero attached hydrogens (tertiary/aromatic N) is 1. The summed E-state index contributed by atoms with van der Waals surface area (Å²) < 4.78 is 5.49. The van der Waals surface area contributed by atoms with Crippen LogP contribution in [0.15, 0.2) is 78.9 Å². The van der Waals surface area contributed by atoms with Crippen molar-refractivity contribution in [2.45, 2.75) is 13.5 Å². The highest BCUT2D eigenvalue weighted by Gasteiger charge is 2.13. The van der Waals surface area contributed by atoms with Crippen molar-refractivity contribution in [1.29, 1.82) is 0 Å². The summed E-state index contributed by atoms with van der Waals surface area (Å²) in [5.41, 5.74) is 3.25. The Morgan fingerprint density at radius 2 is 1.66 bits per heavy atom. The third-order valence-electron chi connectivity index (χ3n) is 4.39. The Balaban J connectivity index is 1.57. The zero-order valence-corrected chi connectivity index (χ0v) is 16.6. The third kappa shape index (κ3) is 5.94. The molecule has 1 N–H and O–H groups in total. The fourth-order valence-electron chi connectivity index (χ4n) is 2.86. The molecule has 3 rings (SSSR count). The van der Waals surface area contributed by atoms with E-state index in [4.69, 9.17) is 4.74 Å². The third-order valence-corrected chi connectivity index (χ3v) is 4.39. The highest BCUT2D eigenvalue weighted by Crippen LogP contribution is 2.15. The van der Waals surface area contributed by atoms with E-state index in [9.17, 15) is 9.59 Å². The van der Waals surface area contributed by atoms with Crippen molar-refractivity contribution in [3.63, 3.8) is 0 Å². The van der Waals surface area contributed by atoms with Crippen molar-refractivity contribution in [2.75, 3.05) is 19.0 Å². The van der Waals surface area contributed by atoms with Crippen LogP contribution < -0.4 is 10.1 Å². The monoisotopic (exact) mass is 388 g/mol. The van der Waals surface area contributed by atoms with Gasteiger partial charge in [0.25, 0.3) is 11.8 Å². The molecule has 0 aliphatic carbocycles. The predicted octanol–water partition coefficient (Wildman–Crippen LogP) is 4.28. The first-order chi connectivity index (χ1) is 14.0. The van der Waals surface area contributed by atoms with E-state index in [2.05, 4.69) is 5.32 Å². The van der Waals surface area contributed by atoms with E-state index in [1.54, 1.807) is 36.2 Å². The molecule has 3 aromatic rings. The molecule has 148 valence electrons. The normalized spacial score (nSPS) is 10.3. The molecule has 0 spiro atoms. The maximum absolute atomic E-state index is 12.7. The Kier molecular flexibility index (Phi) is 6.63. The Bertz CT molecular complexity index is 969. The van der Waals surface area contributed by atoms with Crippen LogP contribution in [0.5, 0.6) is 5.75 Å². The standard InChI is InChI=1S/C24H24N2O3/c1-18-11-13-22(14-12-18)29-17-23(27)25-21-10-6-9-20(15-21)24(28)26(2)16-19-7-4-3-5-8-19/h3-15H,16-17H2,1-2H3,(H,25,27). The molecule has 0 saturated carbocycles. The van der Waals surface area contributed by atoms with Crippen LogP contribution in [-0.2, 0) is 11.3 Å². The van der Waals surface area contributed by atoms with Gasteiger partial charge in [0.15, 0.2) is 6.61 Å². The van der Waals surface area contributed by atoms with Gasteiger partial charge in [-0.25, -0.2) is 0 Å². The van der Waals surface area contributed by atoms with Crippen LogP contribution in [0.4, 0.5) is 5.69 Å². The average molecular weight is 388 g/mol. The summed E-state index contributed by atoms with van der Waals surface area (Å²) in [6, 6.07) is 24.2. The summed E-state index contributed by atoms with van der Waals surface area (Å²) in [6.07, 6.45) is 0. The maximum Gasteiger partial charge on any atom is 0.262 e. The second-order valence-electron chi connectivity index (χ2n) is 6.88. The van der Waals surface area contributed by atoms with Crippen molar-refractivity contribution in [2.24, 2.45) is 0 Å². The van der Waals surface area contributed by atoms with Crippen LogP contribution in [0, 0.1) is 6.92 Å². The number of aryl methyl sites for hydroxylation is 1. The SMILES string of the molecule is Cc1ccc(OCC(=O)Nc2cccc(C(=O)N(C)Cc3ccccc3)c2)cc1.